The number of nitrogens with zero attached hydrogens (tertiary/aromatic N) is 3. The molecule has 2 N–H and O–H groups in total. The summed E-state index contributed by atoms with van der Waals surface area (Å²) in [5.74, 6) is 0.119. The highest BCUT2D eigenvalue weighted by molar-refractivity contribution is 5.18. The molecule has 1 heterocycles. The Morgan fingerprint density at radius 2 is 1.91 bits per heavy atom. The Morgan fingerprint density at radius 3 is 2.39 bits per heavy atom. The molecule has 1 aromatic rings. The van der Waals surface area contributed by atoms with E-state index in [0.717, 1.165) is 18.9 Å². The maximum atomic E-state index is 12.9. The Labute approximate surface area is 133 Å². The second kappa shape index (κ2) is 7.19. The first-order valence-electron chi connectivity index (χ1n) is 7.84. The van der Waals surface area contributed by atoms with Crippen LogP contribution in [0.3, 0.4) is 0 Å². The first-order chi connectivity index (χ1) is 10.7. The zero-order chi connectivity index (χ0) is 17.2. The molecule has 5 nitrogen and oxygen atoms in total. The number of aromatic nitrogens is 2. The van der Waals surface area contributed by atoms with E-state index in [9.17, 15) is 18.3 Å². The van der Waals surface area contributed by atoms with Crippen molar-refractivity contribution in [2.75, 3.05) is 20.7 Å². The van der Waals surface area contributed by atoms with Crippen LogP contribution in [-0.2, 0) is 12.7 Å². The van der Waals surface area contributed by atoms with E-state index >= 15 is 0 Å². The Morgan fingerprint density at radius 1 is 1.30 bits per heavy atom. The molecule has 8 heteroatoms. The third kappa shape index (κ3) is 4.24. The minimum Gasteiger partial charge on any atom is -0.394 e. The van der Waals surface area contributed by atoms with E-state index in [1.54, 1.807) is 4.90 Å². The van der Waals surface area contributed by atoms with Gasteiger partial charge in [0.1, 0.15) is 6.23 Å². The van der Waals surface area contributed by atoms with Gasteiger partial charge in [-0.3, -0.25) is 9.58 Å². The lowest BCUT2D eigenvalue weighted by Gasteiger charge is -2.34. The molecule has 0 amide bonds. The van der Waals surface area contributed by atoms with E-state index < -0.39 is 18.1 Å². The maximum Gasteiger partial charge on any atom is 0.435 e. The average Bonchev–Trinajstić information content (AvgIpc) is 2.91. The van der Waals surface area contributed by atoms with E-state index in [1.807, 2.05) is 14.1 Å². The summed E-state index contributed by atoms with van der Waals surface area (Å²) in [5.41, 5.74) is -0.374. The molecule has 132 valence electrons. The molecule has 23 heavy (non-hydrogen) atoms. The minimum absolute atomic E-state index is 0.0178. The fourth-order valence-electron chi connectivity index (χ4n) is 3.31. The van der Waals surface area contributed by atoms with Crippen molar-refractivity contribution in [2.45, 2.75) is 50.6 Å². The lowest BCUT2D eigenvalue weighted by atomic mass is 9.79. The van der Waals surface area contributed by atoms with Crippen molar-refractivity contribution in [1.29, 1.82) is 0 Å². The summed E-state index contributed by atoms with van der Waals surface area (Å²) >= 11 is 0. The Kier molecular flexibility index (Phi) is 5.70. The highest BCUT2D eigenvalue weighted by Gasteiger charge is 2.37. The number of aliphatic hydroxyl groups is 2. The first-order valence-corrected chi connectivity index (χ1v) is 7.84. The van der Waals surface area contributed by atoms with Crippen molar-refractivity contribution in [2.24, 2.45) is 5.92 Å². The average molecular weight is 335 g/mol. The van der Waals surface area contributed by atoms with Crippen molar-refractivity contribution in [3.63, 3.8) is 0 Å². The summed E-state index contributed by atoms with van der Waals surface area (Å²) in [6.45, 7) is -0.188. The lowest BCUT2D eigenvalue weighted by Crippen LogP contribution is -2.37. The number of hydrogen-bond acceptors (Lipinski definition) is 4. The van der Waals surface area contributed by atoms with Crippen LogP contribution in [0.15, 0.2) is 6.07 Å². The van der Waals surface area contributed by atoms with Crippen molar-refractivity contribution >= 4 is 0 Å². The molecular formula is C15H24F3N3O2. The molecule has 1 aliphatic rings. The van der Waals surface area contributed by atoms with Gasteiger partial charge in [0.25, 0.3) is 0 Å². The van der Waals surface area contributed by atoms with Gasteiger partial charge in [-0.2, -0.15) is 18.3 Å². The van der Waals surface area contributed by atoms with Crippen LogP contribution in [0.5, 0.6) is 0 Å². The highest BCUT2D eigenvalue weighted by atomic mass is 19.4. The molecule has 1 aromatic heterocycles. The molecule has 0 bridgehead atoms. The highest BCUT2D eigenvalue weighted by Crippen LogP contribution is 2.39. The van der Waals surface area contributed by atoms with Gasteiger partial charge in [0.15, 0.2) is 5.69 Å². The van der Waals surface area contributed by atoms with Gasteiger partial charge in [-0.05, 0) is 51.8 Å². The smallest absolute Gasteiger partial charge is 0.394 e. The van der Waals surface area contributed by atoms with Crippen LogP contribution < -0.4 is 0 Å². The van der Waals surface area contributed by atoms with Crippen molar-refractivity contribution < 1.29 is 23.4 Å². The van der Waals surface area contributed by atoms with Gasteiger partial charge in [-0.15, -0.1) is 0 Å². The third-order valence-corrected chi connectivity index (χ3v) is 4.55. The van der Waals surface area contributed by atoms with Crippen LogP contribution in [0.1, 0.15) is 43.0 Å². The van der Waals surface area contributed by atoms with Crippen LogP contribution in [0.2, 0.25) is 0 Å². The minimum atomic E-state index is -4.48. The van der Waals surface area contributed by atoms with Crippen LogP contribution in [-0.4, -0.2) is 51.8 Å². The molecule has 0 unspecified atom stereocenters. The summed E-state index contributed by atoms with van der Waals surface area (Å²) in [6, 6.07) is 1.10. The van der Waals surface area contributed by atoms with Gasteiger partial charge >= 0.3 is 6.18 Å². The number of rotatable bonds is 5. The number of hydrogen-bond donors (Lipinski definition) is 2. The van der Waals surface area contributed by atoms with Gasteiger partial charge in [0.05, 0.1) is 13.2 Å². The lowest BCUT2D eigenvalue weighted by molar-refractivity contribution is -0.141. The van der Waals surface area contributed by atoms with Gasteiger partial charge in [0.2, 0.25) is 0 Å². The fourth-order valence-corrected chi connectivity index (χ4v) is 3.31. The van der Waals surface area contributed by atoms with Crippen LogP contribution >= 0.6 is 0 Å². The first kappa shape index (κ1) is 18.2. The summed E-state index contributed by atoms with van der Waals surface area (Å²) in [7, 11) is 3.62. The predicted molar refractivity (Wildman–Crippen MR) is 78.7 cm³/mol. The summed E-state index contributed by atoms with van der Waals surface area (Å²) < 4.78 is 39.9. The van der Waals surface area contributed by atoms with Crippen LogP contribution in [0.4, 0.5) is 13.2 Å². The Hall–Kier alpha value is -1.12. The molecule has 0 aliphatic heterocycles. The van der Waals surface area contributed by atoms with E-state index in [0.29, 0.717) is 18.5 Å². The molecule has 0 aromatic carbocycles. The largest absolute Gasteiger partial charge is 0.435 e. The normalized spacial score (nSPS) is 24.2. The molecule has 0 radical (unpaired) electrons. The topological polar surface area (TPSA) is 61.5 Å². The quantitative estimate of drug-likeness (QED) is 0.809. The fraction of sp³-hybridized carbons (Fsp3) is 0.800. The van der Waals surface area contributed by atoms with Crippen LogP contribution in [0.25, 0.3) is 0 Å². The number of alkyl halides is 3. The predicted octanol–water partition coefficient (Wildman–Crippen LogP) is 2.05. The Bertz CT molecular complexity index is 509. The molecule has 1 aliphatic carbocycles. The van der Waals surface area contributed by atoms with E-state index in [2.05, 4.69) is 5.10 Å². The van der Waals surface area contributed by atoms with Crippen molar-refractivity contribution in [3.8, 4) is 0 Å². The molecule has 2 rings (SSSR count). The van der Waals surface area contributed by atoms with Crippen molar-refractivity contribution in [1.82, 2.24) is 14.7 Å². The molecule has 0 spiro atoms. The van der Waals surface area contributed by atoms with Crippen molar-refractivity contribution in [3.05, 3.63) is 17.5 Å². The standard InChI is InChI=1S/C15H24F3N3O2/c1-20(2)14(23)11-5-3-10(4-6-11)12-9-13(15(16,17)18)19-21(12)7-8-22/h9-11,14,22-23H,3-8H2,1-2H3/t10?,11?,14-/m1/s1. The zero-order valence-electron chi connectivity index (χ0n) is 13.4. The monoisotopic (exact) mass is 335 g/mol. The Balaban J connectivity index is 2.12. The van der Waals surface area contributed by atoms with Gasteiger partial charge in [0, 0.05) is 11.6 Å². The summed E-state index contributed by atoms with van der Waals surface area (Å²) in [4.78, 5) is 1.75. The van der Waals surface area contributed by atoms with E-state index in [4.69, 9.17) is 5.11 Å². The molecule has 1 fully saturated rings. The summed E-state index contributed by atoms with van der Waals surface area (Å²) in [6.07, 6.45) is -2.06. The maximum absolute atomic E-state index is 12.9. The molecular weight excluding hydrogens is 311 g/mol. The summed E-state index contributed by atoms with van der Waals surface area (Å²) in [5, 5.41) is 22.7. The third-order valence-electron chi connectivity index (χ3n) is 4.55. The number of aliphatic hydroxyl groups excluding tert-OH is 2. The van der Waals surface area contributed by atoms with Crippen LogP contribution in [0, 0.1) is 5.92 Å². The second-order valence-corrected chi connectivity index (χ2v) is 6.39. The van der Waals surface area contributed by atoms with Gasteiger partial charge in [-0.25, -0.2) is 0 Å². The second-order valence-electron chi connectivity index (χ2n) is 6.39. The van der Waals surface area contributed by atoms with E-state index in [-0.39, 0.29) is 25.0 Å². The molecule has 1 atom stereocenters. The van der Waals surface area contributed by atoms with Gasteiger partial charge in [-0.1, -0.05) is 0 Å². The van der Waals surface area contributed by atoms with Gasteiger partial charge < -0.3 is 10.2 Å². The number of halogens is 3. The SMILES string of the molecule is CN(C)[C@H](O)C1CCC(c2cc(C(F)(F)F)nn2CCO)CC1. The zero-order valence-corrected chi connectivity index (χ0v) is 13.4. The molecule has 1 saturated carbocycles. The molecule has 0 saturated heterocycles. The van der Waals surface area contributed by atoms with E-state index in [1.165, 1.54) is 4.68 Å².